The number of hydrogen-bond acceptors (Lipinski definition) is 30. The predicted octanol–water partition coefficient (Wildman–Crippen LogP) is -4.47. The van der Waals surface area contributed by atoms with Gasteiger partial charge >= 0.3 is 5.97 Å². The molecule has 0 aromatic rings. The fraction of sp³-hybridized carbons (Fsp3) is 0.952. The number of allylic oxidation sites excluding steroid dienone is 2. The van der Waals surface area contributed by atoms with Crippen LogP contribution in [0.1, 0.15) is 113 Å². The number of carbonyl (C=O) groups excluding carboxylic acids is 1. The van der Waals surface area contributed by atoms with E-state index >= 15 is 4.79 Å². The molecule has 30 nitrogen and oxygen atoms in total. The lowest BCUT2D eigenvalue weighted by molar-refractivity contribution is -0.392. The summed E-state index contributed by atoms with van der Waals surface area (Å²) in [5.74, 6) is -1.29. The number of aliphatic hydroxyl groups is 17. The second-order valence-electron chi connectivity index (χ2n) is 30.5. The average molecular weight is 1340 g/mol. The lowest BCUT2D eigenvalue weighted by atomic mass is 9.33. The van der Waals surface area contributed by atoms with Crippen LogP contribution in [0.5, 0.6) is 0 Å². The number of fused-ring (bicyclic) bond motifs is 7. The molecule has 11 rings (SSSR count). The zero-order valence-corrected chi connectivity index (χ0v) is 53.9. The molecule has 17 N–H and O–H groups in total. The Morgan fingerprint density at radius 3 is 1.70 bits per heavy atom. The van der Waals surface area contributed by atoms with Crippen molar-refractivity contribution in [3.8, 4) is 0 Å². The lowest BCUT2D eigenvalue weighted by Gasteiger charge is -2.72. The predicted molar refractivity (Wildman–Crippen MR) is 310 cm³/mol. The van der Waals surface area contributed by atoms with E-state index in [0.717, 1.165) is 5.57 Å². The zero-order chi connectivity index (χ0) is 67.7. The molecule has 11 aliphatic rings. The molecule has 6 heterocycles. The molecule has 37 atom stereocenters. The Bertz CT molecular complexity index is 2620. The highest BCUT2D eigenvalue weighted by atomic mass is 16.8. The number of rotatable bonds is 14. The lowest BCUT2D eigenvalue weighted by Crippen LogP contribution is -2.69. The van der Waals surface area contributed by atoms with Crippen LogP contribution in [0.15, 0.2) is 11.6 Å². The van der Waals surface area contributed by atoms with Gasteiger partial charge in [0, 0.05) is 5.41 Å². The van der Waals surface area contributed by atoms with Gasteiger partial charge in [-0.2, -0.15) is 0 Å². The standard InChI is InChI=1S/C63H102O30/c1-24-35(70)39(74)42(77)53(85-24)89-47-31(69)22-83-52(44(47)79)88-46-25(2)86-55(45(80)48(46)90-51-41(76)36(71)29(67)20-82-51)91-49-37(72)30(68)21-84-56(49)93-57(81)63-15-13-58(3,4)17-27(63)26-9-10-34-59(5)18-28(66)50(92-54-43(78)40(75)38(73)32(19-64)87-54)60(6,23-65)33(59)11-12-62(34,8)61(26,7)14-16-63/h9,24-25,27-56,64-80H,10-23H2,1-8H3. The summed E-state index contributed by atoms with van der Waals surface area (Å²) in [6, 6.07) is 0. The SMILES string of the molecule is CC1OC(OC2C(O)COC(OC3C(C)OC(OC4C(OC(=O)C56CCC(C)(C)CC5C5=CCC7C8(C)CC(O)C(OC9OC(CO)C(O)C(O)C9O)C(C)(CO)C8CCC7(C)C5(C)CC6)OCC(O)C4O)C(O)C3OC3OCC(O)C(O)C3O)C2O)C(O)C(O)C1O. The average Bonchev–Trinajstić information content (AvgIpc) is 0.674. The van der Waals surface area contributed by atoms with E-state index in [1.165, 1.54) is 13.8 Å². The smallest absolute Gasteiger partial charge is 0.315 e. The highest BCUT2D eigenvalue weighted by Crippen LogP contribution is 2.76. The van der Waals surface area contributed by atoms with Crippen molar-refractivity contribution in [2.75, 3.05) is 33.0 Å². The van der Waals surface area contributed by atoms with Crippen LogP contribution in [0, 0.1) is 50.2 Å². The van der Waals surface area contributed by atoms with E-state index in [1.54, 1.807) is 0 Å². The third-order valence-electron chi connectivity index (χ3n) is 24.5. The molecule has 10 fully saturated rings. The van der Waals surface area contributed by atoms with E-state index in [-0.39, 0.29) is 29.6 Å². The molecule has 534 valence electrons. The van der Waals surface area contributed by atoms with Gasteiger partial charge in [0.05, 0.1) is 62.9 Å². The van der Waals surface area contributed by atoms with E-state index in [9.17, 15) is 86.8 Å². The summed E-state index contributed by atoms with van der Waals surface area (Å²) in [6.45, 7) is 13.1. The Balaban J connectivity index is 0.831. The molecular weight excluding hydrogens is 1240 g/mol. The summed E-state index contributed by atoms with van der Waals surface area (Å²) < 4.78 is 72.2. The molecule has 0 amide bonds. The first-order valence-electron chi connectivity index (χ1n) is 33.0. The van der Waals surface area contributed by atoms with Crippen LogP contribution in [-0.4, -0.2) is 304 Å². The Morgan fingerprint density at radius 1 is 0.495 bits per heavy atom. The topological polar surface area (TPSA) is 472 Å². The van der Waals surface area contributed by atoms with Crippen molar-refractivity contribution in [3.63, 3.8) is 0 Å². The number of esters is 1. The first-order chi connectivity index (χ1) is 43.6. The zero-order valence-electron chi connectivity index (χ0n) is 53.9. The Hall–Kier alpha value is -1.91. The highest BCUT2D eigenvalue weighted by Gasteiger charge is 2.72. The van der Waals surface area contributed by atoms with E-state index in [2.05, 4.69) is 40.7 Å². The maximum Gasteiger partial charge on any atom is 0.315 e. The van der Waals surface area contributed by atoms with Gasteiger partial charge in [0.25, 0.3) is 0 Å². The van der Waals surface area contributed by atoms with Crippen LogP contribution in [0.2, 0.25) is 0 Å². The second-order valence-corrected chi connectivity index (χ2v) is 30.5. The molecular formula is C63H102O30. The summed E-state index contributed by atoms with van der Waals surface area (Å²) in [5, 5.41) is 187. The molecule has 0 aromatic heterocycles. The highest BCUT2D eigenvalue weighted by molar-refractivity contribution is 5.79. The van der Waals surface area contributed by atoms with Gasteiger partial charge in [-0.15, -0.1) is 0 Å². The first kappa shape index (κ1) is 72.3. The van der Waals surface area contributed by atoms with Crippen LogP contribution in [-0.2, 0) is 61.6 Å². The number of carbonyl (C=O) groups is 1. The van der Waals surface area contributed by atoms with E-state index in [1.807, 2.05) is 6.92 Å². The first-order valence-corrected chi connectivity index (χ1v) is 33.0. The number of aliphatic hydroxyl groups excluding tert-OH is 17. The van der Waals surface area contributed by atoms with Gasteiger partial charge in [0.1, 0.15) is 110 Å². The third-order valence-corrected chi connectivity index (χ3v) is 24.5. The summed E-state index contributed by atoms with van der Waals surface area (Å²) in [5.41, 5.74) is -2.90. The van der Waals surface area contributed by atoms with Crippen molar-refractivity contribution in [2.45, 2.75) is 291 Å². The normalized spacial score (nSPS) is 55.7. The molecule has 6 saturated heterocycles. The van der Waals surface area contributed by atoms with Crippen LogP contribution in [0.4, 0.5) is 0 Å². The van der Waals surface area contributed by atoms with Crippen molar-refractivity contribution in [1.82, 2.24) is 0 Å². The van der Waals surface area contributed by atoms with Crippen molar-refractivity contribution in [3.05, 3.63) is 11.6 Å². The van der Waals surface area contributed by atoms with Crippen LogP contribution < -0.4 is 0 Å². The van der Waals surface area contributed by atoms with Gasteiger partial charge < -0.3 is 144 Å². The van der Waals surface area contributed by atoms with Gasteiger partial charge in [0.15, 0.2) is 37.6 Å². The van der Waals surface area contributed by atoms with Gasteiger partial charge in [0.2, 0.25) is 6.29 Å². The van der Waals surface area contributed by atoms with E-state index in [0.29, 0.717) is 51.4 Å². The van der Waals surface area contributed by atoms with E-state index < -0.39 is 244 Å². The molecule has 93 heavy (non-hydrogen) atoms. The summed E-state index contributed by atoms with van der Waals surface area (Å²) >= 11 is 0. The van der Waals surface area contributed by atoms with Crippen molar-refractivity contribution in [2.24, 2.45) is 50.2 Å². The maximum absolute atomic E-state index is 15.6. The fourth-order valence-electron chi connectivity index (χ4n) is 18.7. The molecule has 6 aliphatic heterocycles. The summed E-state index contributed by atoms with van der Waals surface area (Å²) in [4.78, 5) is 15.6. The van der Waals surface area contributed by atoms with Crippen molar-refractivity contribution < 1.29 is 148 Å². The molecule has 37 unspecified atom stereocenters. The molecule has 0 aromatic carbocycles. The molecule has 30 heteroatoms. The quantitative estimate of drug-likeness (QED) is 0.0443. The molecule has 0 spiro atoms. The largest absolute Gasteiger partial charge is 0.432 e. The minimum atomic E-state index is -2.05. The molecule has 0 bridgehead atoms. The summed E-state index contributed by atoms with van der Waals surface area (Å²) in [7, 11) is 0. The maximum atomic E-state index is 15.6. The molecule has 4 saturated carbocycles. The Morgan fingerprint density at radius 2 is 1.03 bits per heavy atom. The monoisotopic (exact) mass is 1340 g/mol. The van der Waals surface area contributed by atoms with Gasteiger partial charge in [-0.1, -0.05) is 53.2 Å². The Labute approximate surface area is 539 Å². The van der Waals surface area contributed by atoms with Crippen LogP contribution >= 0.6 is 0 Å². The fourth-order valence-corrected chi connectivity index (χ4v) is 18.7. The van der Waals surface area contributed by atoms with Gasteiger partial charge in [-0.3, -0.25) is 4.79 Å². The minimum Gasteiger partial charge on any atom is -0.432 e. The molecule has 0 radical (unpaired) electrons. The van der Waals surface area contributed by atoms with E-state index in [4.69, 9.17) is 56.8 Å². The number of hydrogen-bond donors (Lipinski definition) is 17. The minimum absolute atomic E-state index is 0.0566. The van der Waals surface area contributed by atoms with Gasteiger partial charge in [-0.25, -0.2) is 0 Å². The van der Waals surface area contributed by atoms with Crippen LogP contribution in [0.3, 0.4) is 0 Å². The van der Waals surface area contributed by atoms with Crippen molar-refractivity contribution in [1.29, 1.82) is 0 Å². The Kier molecular flexibility index (Phi) is 20.9. The van der Waals surface area contributed by atoms with Crippen molar-refractivity contribution >= 4 is 5.97 Å². The number of ether oxygens (including phenoxy) is 12. The molecule has 5 aliphatic carbocycles. The summed E-state index contributed by atoms with van der Waals surface area (Å²) in [6.07, 6.45) is -40.4. The van der Waals surface area contributed by atoms with Gasteiger partial charge in [-0.05, 0) is 111 Å². The second kappa shape index (κ2) is 26.9. The van der Waals surface area contributed by atoms with Crippen LogP contribution in [0.25, 0.3) is 0 Å². The third kappa shape index (κ3) is 12.3.